The van der Waals surface area contributed by atoms with E-state index in [4.69, 9.17) is 12.5 Å². The Kier molecular flexibility index (Phi) is 7.56. The molecule has 0 amide bonds. The topological polar surface area (TPSA) is 65.0 Å². The summed E-state index contributed by atoms with van der Waals surface area (Å²) in [6.07, 6.45) is 2.55. The van der Waals surface area contributed by atoms with Gasteiger partial charge in [-0.15, -0.1) is 0 Å². The molecule has 1 fully saturated rings. The van der Waals surface area contributed by atoms with E-state index in [2.05, 4.69) is 6.92 Å². The first kappa shape index (κ1) is 17.1. The van der Waals surface area contributed by atoms with Crippen LogP contribution in [0.4, 0.5) is 0 Å². The number of halogens is 1. The minimum absolute atomic E-state index is 0.0526. The summed E-state index contributed by atoms with van der Waals surface area (Å²) in [5.41, 5.74) is 0. The van der Waals surface area contributed by atoms with Crippen LogP contribution in [-0.4, -0.2) is 40.1 Å². The van der Waals surface area contributed by atoms with Gasteiger partial charge in [0.15, 0.2) is 0 Å². The number of carbonyl (C=O) groups is 1. The molecule has 2 atom stereocenters. The van der Waals surface area contributed by atoms with Crippen LogP contribution in [0.25, 0.3) is 0 Å². The summed E-state index contributed by atoms with van der Waals surface area (Å²) in [6, 6.07) is 0. The fraction of sp³-hybridized carbons (Fsp3) is 0.923. The molecule has 114 valence electrons. The zero-order chi connectivity index (χ0) is 14.3. The normalized spacial score (nSPS) is 26.3. The van der Waals surface area contributed by atoms with Crippen LogP contribution in [0.15, 0.2) is 0 Å². The van der Waals surface area contributed by atoms with E-state index in [9.17, 15) is 9.90 Å². The van der Waals surface area contributed by atoms with Gasteiger partial charge in [0.1, 0.15) is 0 Å². The van der Waals surface area contributed by atoms with Crippen molar-refractivity contribution in [2.45, 2.75) is 64.4 Å². The molecule has 5 nitrogen and oxygen atoms in total. The van der Waals surface area contributed by atoms with Gasteiger partial charge in [0.2, 0.25) is 0 Å². The fourth-order valence-corrected chi connectivity index (χ4v) is 3.95. The van der Waals surface area contributed by atoms with Gasteiger partial charge in [-0.05, 0) is 0 Å². The van der Waals surface area contributed by atoms with Crippen molar-refractivity contribution in [1.82, 2.24) is 0 Å². The molecule has 0 aromatic carbocycles. The van der Waals surface area contributed by atoms with E-state index in [0.29, 0.717) is 6.42 Å². The number of ether oxygens (including phenoxy) is 2. The molecule has 0 aromatic heterocycles. The molecule has 1 aliphatic heterocycles. The first-order valence-electron chi connectivity index (χ1n) is 6.75. The Balaban J connectivity index is 2.32. The van der Waals surface area contributed by atoms with Gasteiger partial charge in [0, 0.05) is 0 Å². The number of carbonyl (C=O) groups excluding carboxylic acids is 1. The maximum absolute atomic E-state index is 11.7. The number of unbranched alkanes of at least 4 members (excludes halogenated alkanes) is 1. The molecule has 0 bridgehead atoms. The van der Waals surface area contributed by atoms with Crippen molar-refractivity contribution in [3.63, 3.8) is 0 Å². The summed E-state index contributed by atoms with van der Waals surface area (Å²) < 4.78 is 17.5. The molecule has 0 spiro atoms. The first-order chi connectivity index (χ1) is 8.96. The monoisotopic (exact) mass is 388 g/mol. The van der Waals surface area contributed by atoms with E-state index in [-0.39, 0.29) is 31.2 Å². The molecule has 0 aromatic rings. The van der Waals surface area contributed by atoms with Crippen LogP contribution in [-0.2, 0) is 17.3 Å². The SMILES string of the molecule is CCCC[IH]OC(=O)C[C@H]1C[C@@H](CO)OC(C)(C)O1. The third-order valence-electron chi connectivity index (χ3n) is 2.76. The molecule has 19 heavy (non-hydrogen) atoms. The first-order valence-corrected chi connectivity index (χ1v) is 9.35. The van der Waals surface area contributed by atoms with Gasteiger partial charge < -0.3 is 0 Å². The Labute approximate surface area is 125 Å². The Morgan fingerprint density at radius 1 is 1.42 bits per heavy atom. The molecule has 0 aliphatic carbocycles. The van der Waals surface area contributed by atoms with E-state index in [0.717, 1.165) is 17.3 Å². The zero-order valence-electron chi connectivity index (χ0n) is 11.9. The summed E-state index contributed by atoms with van der Waals surface area (Å²) in [4.78, 5) is 11.7. The van der Waals surface area contributed by atoms with E-state index < -0.39 is 27.4 Å². The van der Waals surface area contributed by atoms with Gasteiger partial charge in [-0.2, -0.15) is 0 Å². The van der Waals surface area contributed by atoms with Crippen LogP contribution < -0.4 is 0 Å². The number of hydrogen-bond donors (Lipinski definition) is 1. The van der Waals surface area contributed by atoms with Crippen molar-refractivity contribution in [3.8, 4) is 0 Å². The second kappa shape index (κ2) is 8.39. The van der Waals surface area contributed by atoms with E-state index >= 15 is 0 Å². The van der Waals surface area contributed by atoms with E-state index in [1.165, 1.54) is 0 Å². The second-order valence-corrected chi connectivity index (χ2v) is 7.45. The Morgan fingerprint density at radius 3 is 2.74 bits per heavy atom. The fourth-order valence-electron chi connectivity index (χ4n) is 1.99. The number of hydrogen-bond acceptors (Lipinski definition) is 5. The van der Waals surface area contributed by atoms with E-state index in [1.807, 2.05) is 0 Å². The summed E-state index contributed by atoms with van der Waals surface area (Å²) >= 11 is -0.649. The molecule has 1 rings (SSSR count). The quantitative estimate of drug-likeness (QED) is 0.412. The van der Waals surface area contributed by atoms with Crippen molar-refractivity contribution < 1.29 is 22.4 Å². The van der Waals surface area contributed by atoms with Gasteiger partial charge in [0.25, 0.3) is 0 Å². The van der Waals surface area contributed by atoms with Crippen molar-refractivity contribution in [1.29, 1.82) is 0 Å². The van der Waals surface area contributed by atoms with Crippen molar-refractivity contribution in [2.24, 2.45) is 0 Å². The van der Waals surface area contributed by atoms with Gasteiger partial charge >= 0.3 is 126 Å². The third-order valence-corrected chi connectivity index (χ3v) is 4.92. The van der Waals surface area contributed by atoms with Gasteiger partial charge in [-0.3, -0.25) is 0 Å². The van der Waals surface area contributed by atoms with Crippen LogP contribution in [0.2, 0.25) is 0 Å². The minimum atomic E-state index is -0.754. The molecule has 1 saturated heterocycles. The second-order valence-electron chi connectivity index (χ2n) is 5.13. The third kappa shape index (κ3) is 6.87. The number of rotatable bonds is 7. The summed E-state index contributed by atoms with van der Waals surface area (Å²) in [5.74, 6) is -0.937. The van der Waals surface area contributed by atoms with Crippen molar-refractivity contribution >= 4 is 27.6 Å². The standard InChI is InChI=1S/C13H25IO5/c1-4-5-6-14-19-12(16)8-10-7-11(9-15)18-13(2,3)17-10/h10-11,14-15H,4-9H2,1-3H3/t10-,11+/m1/s1. The van der Waals surface area contributed by atoms with Crippen LogP contribution in [0.1, 0.15) is 46.5 Å². The molecular weight excluding hydrogens is 363 g/mol. The zero-order valence-corrected chi connectivity index (χ0v) is 14.2. The molecule has 6 heteroatoms. The number of aliphatic hydroxyl groups is 1. The summed E-state index contributed by atoms with van der Waals surface area (Å²) in [7, 11) is 0. The Bertz CT molecular complexity index is 282. The molecular formula is C13H25IO5. The maximum atomic E-state index is 11.7. The van der Waals surface area contributed by atoms with Crippen LogP contribution >= 0.6 is 21.6 Å². The predicted molar refractivity (Wildman–Crippen MR) is 81.4 cm³/mol. The number of alkyl halides is 1. The average Bonchev–Trinajstić information content (AvgIpc) is 2.32. The summed E-state index contributed by atoms with van der Waals surface area (Å²) in [6.45, 7) is 5.66. The Morgan fingerprint density at radius 2 is 2.11 bits per heavy atom. The van der Waals surface area contributed by atoms with Crippen molar-refractivity contribution in [2.75, 3.05) is 11.0 Å². The van der Waals surface area contributed by atoms with E-state index in [1.54, 1.807) is 13.8 Å². The Hall–Kier alpha value is 0.0800. The van der Waals surface area contributed by atoms with Crippen molar-refractivity contribution in [3.05, 3.63) is 0 Å². The van der Waals surface area contributed by atoms with Crippen LogP contribution in [0.3, 0.4) is 0 Å². The molecule has 1 N–H and O–H groups in total. The molecule has 0 saturated carbocycles. The molecule has 1 aliphatic rings. The molecule has 1 heterocycles. The van der Waals surface area contributed by atoms with Crippen LogP contribution in [0.5, 0.6) is 0 Å². The molecule has 0 radical (unpaired) electrons. The van der Waals surface area contributed by atoms with Gasteiger partial charge in [-0.1, -0.05) is 0 Å². The van der Waals surface area contributed by atoms with Crippen LogP contribution in [0, 0.1) is 0 Å². The summed E-state index contributed by atoms with van der Waals surface area (Å²) in [5, 5.41) is 9.19. The number of aliphatic hydroxyl groups excluding tert-OH is 1. The predicted octanol–water partition coefficient (Wildman–Crippen LogP) is 2.24. The molecule has 0 unspecified atom stereocenters. The van der Waals surface area contributed by atoms with Gasteiger partial charge in [-0.25, -0.2) is 0 Å². The average molecular weight is 388 g/mol. The van der Waals surface area contributed by atoms with Gasteiger partial charge in [0.05, 0.1) is 0 Å².